The summed E-state index contributed by atoms with van der Waals surface area (Å²) in [5.41, 5.74) is 2.15. The molecule has 0 bridgehead atoms. The van der Waals surface area contributed by atoms with Crippen LogP contribution in [-0.2, 0) is 0 Å². The molecule has 2 aromatic rings. The van der Waals surface area contributed by atoms with Crippen LogP contribution in [0.5, 0.6) is 0 Å². The normalized spacial score (nSPS) is 10.9. The number of aromatic nitrogens is 2. The molecule has 0 aliphatic rings. The van der Waals surface area contributed by atoms with Crippen LogP contribution < -0.4 is 0 Å². The number of halogens is 1. The quantitative estimate of drug-likeness (QED) is 0.805. The zero-order valence-corrected chi connectivity index (χ0v) is 10.4. The lowest BCUT2D eigenvalue weighted by Gasteiger charge is -2.04. The summed E-state index contributed by atoms with van der Waals surface area (Å²) in [7, 11) is 0. The molecular weight excluding hydrogens is 252 g/mol. The van der Waals surface area contributed by atoms with E-state index in [1.165, 1.54) is 0 Å². The van der Waals surface area contributed by atoms with E-state index in [9.17, 15) is 0 Å². The Labute approximate surface area is 98.1 Å². The molecule has 15 heavy (non-hydrogen) atoms. The first-order chi connectivity index (χ1) is 7.18. The first-order valence-electron chi connectivity index (χ1n) is 4.97. The highest BCUT2D eigenvalue weighted by atomic mass is 79.9. The van der Waals surface area contributed by atoms with Crippen molar-refractivity contribution in [2.45, 2.75) is 19.9 Å². The minimum atomic E-state index is 0.453. The lowest BCUT2D eigenvalue weighted by atomic mass is 10.2. The highest BCUT2D eigenvalue weighted by Crippen LogP contribution is 2.26. The molecule has 0 N–H and O–H groups in total. The Kier molecular flexibility index (Phi) is 2.91. The monoisotopic (exact) mass is 264 g/mol. The lowest BCUT2D eigenvalue weighted by Crippen LogP contribution is -1.95. The SMILES string of the molecule is CC(C)n1cnc(-c2ccccc2Br)c1. The van der Waals surface area contributed by atoms with Gasteiger partial charge in [-0.25, -0.2) is 4.98 Å². The highest BCUT2D eigenvalue weighted by Gasteiger charge is 2.06. The summed E-state index contributed by atoms with van der Waals surface area (Å²) in [5.74, 6) is 0. The molecule has 78 valence electrons. The number of hydrogen-bond acceptors (Lipinski definition) is 1. The average Bonchev–Trinajstić information content (AvgIpc) is 2.67. The number of benzene rings is 1. The Morgan fingerprint density at radius 3 is 2.60 bits per heavy atom. The van der Waals surface area contributed by atoms with Crippen LogP contribution in [0.4, 0.5) is 0 Å². The topological polar surface area (TPSA) is 17.8 Å². The van der Waals surface area contributed by atoms with Crippen molar-refractivity contribution in [3.8, 4) is 11.3 Å². The molecule has 1 aromatic heterocycles. The van der Waals surface area contributed by atoms with Crippen molar-refractivity contribution >= 4 is 15.9 Å². The van der Waals surface area contributed by atoms with Crippen LogP contribution in [0, 0.1) is 0 Å². The van der Waals surface area contributed by atoms with E-state index in [4.69, 9.17) is 0 Å². The molecule has 0 saturated carbocycles. The molecule has 0 amide bonds. The van der Waals surface area contributed by atoms with E-state index in [1.807, 2.05) is 24.5 Å². The van der Waals surface area contributed by atoms with Crippen molar-refractivity contribution in [2.24, 2.45) is 0 Å². The van der Waals surface area contributed by atoms with Crippen LogP contribution in [-0.4, -0.2) is 9.55 Å². The number of rotatable bonds is 2. The maximum Gasteiger partial charge on any atom is 0.0956 e. The molecule has 0 fully saturated rings. The Hall–Kier alpha value is -1.09. The molecule has 1 aromatic carbocycles. The van der Waals surface area contributed by atoms with Gasteiger partial charge in [-0.2, -0.15) is 0 Å². The molecule has 0 aliphatic heterocycles. The Bertz CT molecular complexity index is 460. The molecule has 0 saturated heterocycles. The van der Waals surface area contributed by atoms with Crippen LogP contribution in [0.15, 0.2) is 41.3 Å². The van der Waals surface area contributed by atoms with Gasteiger partial charge in [0, 0.05) is 22.3 Å². The van der Waals surface area contributed by atoms with Gasteiger partial charge in [-0.3, -0.25) is 0 Å². The van der Waals surface area contributed by atoms with Gasteiger partial charge in [0.25, 0.3) is 0 Å². The van der Waals surface area contributed by atoms with E-state index in [0.717, 1.165) is 15.7 Å². The predicted molar refractivity (Wildman–Crippen MR) is 65.7 cm³/mol. The van der Waals surface area contributed by atoms with Crippen molar-refractivity contribution in [1.82, 2.24) is 9.55 Å². The van der Waals surface area contributed by atoms with E-state index in [1.54, 1.807) is 0 Å². The third-order valence-corrected chi connectivity index (χ3v) is 3.04. The third-order valence-electron chi connectivity index (χ3n) is 2.35. The standard InChI is InChI=1S/C12H13BrN2/c1-9(2)15-7-12(14-8-15)10-5-3-4-6-11(10)13/h3-9H,1-2H3. The van der Waals surface area contributed by atoms with Gasteiger partial charge < -0.3 is 4.57 Å². The molecule has 0 unspecified atom stereocenters. The van der Waals surface area contributed by atoms with Gasteiger partial charge in [0.2, 0.25) is 0 Å². The van der Waals surface area contributed by atoms with Gasteiger partial charge in [0.1, 0.15) is 0 Å². The Morgan fingerprint density at radius 2 is 2.00 bits per heavy atom. The molecule has 0 radical (unpaired) electrons. The smallest absolute Gasteiger partial charge is 0.0956 e. The number of hydrogen-bond donors (Lipinski definition) is 0. The van der Waals surface area contributed by atoms with Crippen molar-refractivity contribution in [3.63, 3.8) is 0 Å². The van der Waals surface area contributed by atoms with Crippen LogP contribution in [0.3, 0.4) is 0 Å². The summed E-state index contributed by atoms with van der Waals surface area (Å²) in [5, 5.41) is 0. The molecular formula is C12H13BrN2. The second-order valence-electron chi connectivity index (χ2n) is 3.78. The van der Waals surface area contributed by atoms with Gasteiger partial charge in [0.15, 0.2) is 0 Å². The van der Waals surface area contributed by atoms with E-state index in [-0.39, 0.29) is 0 Å². The molecule has 2 rings (SSSR count). The third kappa shape index (κ3) is 2.12. The van der Waals surface area contributed by atoms with Gasteiger partial charge in [-0.05, 0) is 19.9 Å². The van der Waals surface area contributed by atoms with E-state index < -0.39 is 0 Å². The summed E-state index contributed by atoms with van der Waals surface area (Å²) in [4.78, 5) is 4.40. The summed E-state index contributed by atoms with van der Waals surface area (Å²) in [6.45, 7) is 4.29. The maximum absolute atomic E-state index is 4.40. The second kappa shape index (κ2) is 4.19. The average molecular weight is 265 g/mol. The molecule has 1 heterocycles. The first kappa shape index (κ1) is 10.4. The highest BCUT2D eigenvalue weighted by molar-refractivity contribution is 9.10. The van der Waals surface area contributed by atoms with Gasteiger partial charge >= 0.3 is 0 Å². The number of imidazole rings is 1. The van der Waals surface area contributed by atoms with Crippen LogP contribution in [0.25, 0.3) is 11.3 Å². The first-order valence-corrected chi connectivity index (χ1v) is 5.76. The largest absolute Gasteiger partial charge is 0.334 e. The zero-order chi connectivity index (χ0) is 10.8. The van der Waals surface area contributed by atoms with Gasteiger partial charge in [-0.1, -0.05) is 34.1 Å². The summed E-state index contributed by atoms with van der Waals surface area (Å²) in [6, 6.07) is 8.58. The van der Waals surface area contributed by atoms with Crippen molar-refractivity contribution in [3.05, 3.63) is 41.3 Å². The summed E-state index contributed by atoms with van der Waals surface area (Å²) < 4.78 is 3.19. The maximum atomic E-state index is 4.40. The van der Waals surface area contributed by atoms with Gasteiger partial charge in [0.05, 0.1) is 12.0 Å². The van der Waals surface area contributed by atoms with Gasteiger partial charge in [-0.15, -0.1) is 0 Å². The van der Waals surface area contributed by atoms with Crippen molar-refractivity contribution in [1.29, 1.82) is 0 Å². The van der Waals surface area contributed by atoms with Crippen LogP contribution in [0.1, 0.15) is 19.9 Å². The Balaban J connectivity index is 2.42. The summed E-state index contributed by atoms with van der Waals surface area (Å²) >= 11 is 3.53. The molecule has 0 atom stereocenters. The molecule has 2 nitrogen and oxygen atoms in total. The molecule has 0 spiro atoms. The fourth-order valence-electron chi connectivity index (χ4n) is 1.43. The minimum absolute atomic E-state index is 0.453. The summed E-state index contributed by atoms with van der Waals surface area (Å²) in [6.07, 6.45) is 3.95. The fraction of sp³-hybridized carbons (Fsp3) is 0.250. The fourth-order valence-corrected chi connectivity index (χ4v) is 1.92. The van der Waals surface area contributed by atoms with E-state index >= 15 is 0 Å². The van der Waals surface area contributed by atoms with Crippen molar-refractivity contribution < 1.29 is 0 Å². The lowest BCUT2D eigenvalue weighted by molar-refractivity contribution is 0.600. The Morgan fingerprint density at radius 1 is 1.27 bits per heavy atom. The molecule has 3 heteroatoms. The zero-order valence-electron chi connectivity index (χ0n) is 8.81. The van der Waals surface area contributed by atoms with E-state index in [2.05, 4.69) is 51.6 Å². The number of nitrogens with zero attached hydrogens (tertiary/aromatic N) is 2. The van der Waals surface area contributed by atoms with Crippen LogP contribution in [0.2, 0.25) is 0 Å². The van der Waals surface area contributed by atoms with E-state index in [0.29, 0.717) is 6.04 Å². The van der Waals surface area contributed by atoms with Crippen molar-refractivity contribution in [2.75, 3.05) is 0 Å². The minimum Gasteiger partial charge on any atom is -0.334 e. The second-order valence-corrected chi connectivity index (χ2v) is 4.63. The van der Waals surface area contributed by atoms with Crippen LogP contribution >= 0.6 is 15.9 Å². The predicted octanol–water partition coefficient (Wildman–Crippen LogP) is 3.89. The molecule has 0 aliphatic carbocycles.